The molecular weight excluding hydrogens is 478 g/mol. The lowest BCUT2D eigenvalue weighted by molar-refractivity contribution is -0.140. The normalized spacial score (nSPS) is 12.0. The number of halogens is 1. The largest absolute Gasteiger partial charge is 0.497 e. The number of hydrogen-bond donors (Lipinski definition) is 1. The van der Waals surface area contributed by atoms with E-state index in [0.717, 1.165) is 11.8 Å². The van der Waals surface area contributed by atoms with Crippen LogP contribution in [-0.2, 0) is 26.2 Å². The van der Waals surface area contributed by atoms with E-state index in [1.807, 2.05) is 13.0 Å². The Morgan fingerprint density at radius 2 is 1.82 bits per heavy atom. The van der Waals surface area contributed by atoms with Crippen LogP contribution in [0.1, 0.15) is 32.3 Å². The van der Waals surface area contributed by atoms with Crippen molar-refractivity contribution in [2.75, 3.05) is 30.8 Å². The molecule has 34 heavy (non-hydrogen) atoms. The Bertz CT molecular complexity index is 1080. The maximum Gasteiger partial charge on any atom is 0.242 e. The predicted octanol–water partition coefficient (Wildman–Crippen LogP) is 3.45. The van der Waals surface area contributed by atoms with Gasteiger partial charge in [-0.05, 0) is 62.2 Å². The third-order valence-electron chi connectivity index (χ3n) is 5.27. The number of nitrogens with one attached hydrogen (secondary N) is 1. The number of benzene rings is 2. The summed E-state index contributed by atoms with van der Waals surface area (Å²) >= 11 is 6.09. The van der Waals surface area contributed by atoms with Crippen molar-refractivity contribution in [1.82, 2.24) is 10.2 Å². The number of carbonyl (C=O) groups is 2. The second-order valence-corrected chi connectivity index (χ2v) is 10.2. The molecule has 0 spiro atoms. The summed E-state index contributed by atoms with van der Waals surface area (Å²) in [6.07, 6.45) is 1.49. The van der Waals surface area contributed by atoms with Crippen LogP contribution in [0.5, 0.6) is 5.75 Å². The minimum absolute atomic E-state index is 0.0759. The van der Waals surface area contributed by atoms with E-state index in [1.54, 1.807) is 49.4 Å². The molecule has 0 aliphatic heterocycles. The number of ether oxygens (including phenoxy) is 1. The SMILES string of the molecule is CCNC(=O)[C@@H](C)N(Cc1cccc(Cl)c1)C(=O)CCCN(c1ccc(OC)cc1)S(C)(=O)=O. The summed E-state index contributed by atoms with van der Waals surface area (Å²) in [4.78, 5) is 27.1. The van der Waals surface area contributed by atoms with E-state index in [9.17, 15) is 18.0 Å². The highest BCUT2D eigenvalue weighted by Gasteiger charge is 2.26. The molecule has 0 saturated heterocycles. The average Bonchev–Trinajstić information content (AvgIpc) is 2.79. The third kappa shape index (κ3) is 7.92. The van der Waals surface area contributed by atoms with Crippen LogP contribution in [0.2, 0.25) is 5.02 Å². The lowest BCUT2D eigenvalue weighted by Crippen LogP contribution is -2.47. The molecule has 0 heterocycles. The topological polar surface area (TPSA) is 96.0 Å². The van der Waals surface area contributed by atoms with Gasteiger partial charge in [0.15, 0.2) is 0 Å². The van der Waals surface area contributed by atoms with Gasteiger partial charge in [0.2, 0.25) is 21.8 Å². The van der Waals surface area contributed by atoms with Crippen LogP contribution in [0.15, 0.2) is 48.5 Å². The van der Waals surface area contributed by atoms with Crippen LogP contribution in [0, 0.1) is 0 Å². The molecule has 0 radical (unpaired) electrons. The summed E-state index contributed by atoms with van der Waals surface area (Å²) in [6, 6.07) is 13.1. The molecule has 1 atom stereocenters. The molecule has 10 heteroatoms. The van der Waals surface area contributed by atoms with Gasteiger partial charge in [0.05, 0.1) is 19.1 Å². The summed E-state index contributed by atoms with van der Waals surface area (Å²) in [6.45, 7) is 4.28. The fourth-order valence-corrected chi connectivity index (χ4v) is 4.67. The zero-order valence-electron chi connectivity index (χ0n) is 20.0. The van der Waals surface area contributed by atoms with Gasteiger partial charge in [-0.1, -0.05) is 23.7 Å². The predicted molar refractivity (Wildman–Crippen MR) is 135 cm³/mol. The van der Waals surface area contributed by atoms with Gasteiger partial charge < -0.3 is 15.0 Å². The van der Waals surface area contributed by atoms with Gasteiger partial charge in [-0.15, -0.1) is 0 Å². The Hall–Kier alpha value is -2.78. The number of methoxy groups -OCH3 is 1. The van der Waals surface area contributed by atoms with Crippen molar-refractivity contribution in [1.29, 1.82) is 0 Å². The Labute approximate surface area is 206 Å². The second-order valence-electron chi connectivity index (χ2n) is 7.86. The number of nitrogens with zero attached hydrogens (tertiary/aromatic N) is 2. The number of sulfonamides is 1. The van der Waals surface area contributed by atoms with Crippen molar-refractivity contribution in [3.8, 4) is 5.75 Å². The van der Waals surface area contributed by atoms with Crippen molar-refractivity contribution < 1.29 is 22.7 Å². The highest BCUT2D eigenvalue weighted by molar-refractivity contribution is 7.92. The third-order valence-corrected chi connectivity index (χ3v) is 6.70. The van der Waals surface area contributed by atoms with E-state index in [1.165, 1.54) is 16.3 Å². The van der Waals surface area contributed by atoms with E-state index in [4.69, 9.17) is 16.3 Å². The van der Waals surface area contributed by atoms with E-state index in [-0.39, 0.29) is 37.7 Å². The number of hydrogen-bond acceptors (Lipinski definition) is 5. The molecule has 2 aromatic rings. The van der Waals surface area contributed by atoms with E-state index >= 15 is 0 Å². The van der Waals surface area contributed by atoms with Gasteiger partial charge in [0.1, 0.15) is 11.8 Å². The van der Waals surface area contributed by atoms with Crippen molar-refractivity contribution in [2.24, 2.45) is 0 Å². The van der Waals surface area contributed by atoms with Gasteiger partial charge in [-0.3, -0.25) is 13.9 Å². The van der Waals surface area contributed by atoms with Gasteiger partial charge >= 0.3 is 0 Å². The van der Waals surface area contributed by atoms with E-state index in [2.05, 4.69) is 5.32 Å². The van der Waals surface area contributed by atoms with Crippen LogP contribution < -0.4 is 14.4 Å². The van der Waals surface area contributed by atoms with Gasteiger partial charge in [0.25, 0.3) is 0 Å². The molecule has 0 saturated carbocycles. The Kier molecular flexibility index (Phi) is 10.2. The van der Waals surface area contributed by atoms with E-state index in [0.29, 0.717) is 23.0 Å². The lowest BCUT2D eigenvalue weighted by atomic mass is 10.1. The first kappa shape index (κ1) is 27.5. The molecule has 0 aliphatic rings. The zero-order valence-corrected chi connectivity index (χ0v) is 21.5. The molecule has 0 unspecified atom stereocenters. The maximum absolute atomic E-state index is 13.2. The Morgan fingerprint density at radius 3 is 2.38 bits per heavy atom. The fourth-order valence-electron chi connectivity index (χ4n) is 3.49. The van der Waals surface area contributed by atoms with Gasteiger partial charge in [-0.2, -0.15) is 0 Å². The second kappa shape index (κ2) is 12.6. The maximum atomic E-state index is 13.2. The van der Waals surface area contributed by atoms with Gasteiger partial charge in [0, 0.05) is 31.1 Å². The van der Waals surface area contributed by atoms with Crippen LogP contribution >= 0.6 is 11.6 Å². The minimum atomic E-state index is -3.56. The molecule has 186 valence electrons. The van der Waals surface area contributed by atoms with Crippen LogP contribution in [0.25, 0.3) is 0 Å². The quantitative estimate of drug-likeness (QED) is 0.472. The van der Waals surface area contributed by atoms with E-state index < -0.39 is 16.1 Å². The zero-order chi connectivity index (χ0) is 25.3. The van der Waals surface area contributed by atoms with Crippen molar-refractivity contribution >= 4 is 39.1 Å². The smallest absolute Gasteiger partial charge is 0.242 e. The molecule has 2 rings (SSSR count). The van der Waals surface area contributed by atoms with Crippen LogP contribution in [0.3, 0.4) is 0 Å². The molecule has 8 nitrogen and oxygen atoms in total. The van der Waals surface area contributed by atoms with Crippen molar-refractivity contribution in [3.63, 3.8) is 0 Å². The van der Waals surface area contributed by atoms with Crippen molar-refractivity contribution in [3.05, 3.63) is 59.1 Å². The molecule has 0 fully saturated rings. The molecule has 2 amide bonds. The average molecular weight is 510 g/mol. The van der Waals surface area contributed by atoms with Crippen LogP contribution in [-0.4, -0.2) is 57.6 Å². The highest BCUT2D eigenvalue weighted by Crippen LogP contribution is 2.22. The lowest BCUT2D eigenvalue weighted by Gasteiger charge is -2.29. The first-order chi connectivity index (χ1) is 16.1. The number of carbonyl (C=O) groups excluding carboxylic acids is 2. The summed E-state index contributed by atoms with van der Waals surface area (Å²) < 4.78 is 31.1. The molecule has 1 N–H and O–H groups in total. The molecule has 2 aromatic carbocycles. The molecule has 0 aromatic heterocycles. The summed E-state index contributed by atoms with van der Waals surface area (Å²) in [5.74, 6) is 0.110. The molecule has 0 bridgehead atoms. The number of rotatable bonds is 12. The fraction of sp³-hybridized carbons (Fsp3) is 0.417. The Balaban J connectivity index is 2.14. The number of likely N-dealkylation sites (N-methyl/N-ethyl adjacent to an activating group) is 1. The molecular formula is C24H32ClN3O5S. The van der Waals surface area contributed by atoms with Crippen molar-refractivity contribution in [2.45, 2.75) is 39.3 Å². The molecule has 0 aliphatic carbocycles. The number of anilines is 1. The number of amides is 2. The van der Waals surface area contributed by atoms with Gasteiger partial charge in [-0.25, -0.2) is 8.42 Å². The van der Waals surface area contributed by atoms with Crippen LogP contribution in [0.4, 0.5) is 5.69 Å². The summed E-state index contributed by atoms with van der Waals surface area (Å²) in [5.41, 5.74) is 1.29. The first-order valence-electron chi connectivity index (χ1n) is 11.0. The Morgan fingerprint density at radius 1 is 1.15 bits per heavy atom. The summed E-state index contributed by atoms with van der Waals surface area (Å²) in [5, 5.41) is 3.29. The monoisotopic (exact) mass is 509 g/mol. The standard InChI is InChI=1S/C24H32ClN3O5S/c1-5-26-24(30)18(2)27(17-19-8-6-9-20(25)16-19)23(29)10-7-15-28(34(4,31)32)21-11-13-22(33-3)14-12-21/h6,8-9,11-14,16,18H,5,7,10,15,17H2,1-4H3,(H,26,30)/t18-/m1/s1. The first-order valence-corrected chi connectivity index (χ1v) is 13.2. The summed E-state index contributed by atoms with van der Waals surface area (Å²) in [7, 11) is -2.02. The minimum Gasteiger partial charge on any atom is -0.497 e. The highest BCUT2D eigenvalue weighted by atomic mass is 35.5.